The molecule has 1 aromatic heterocycles. The quantitative estimate of drug-likeness (QED) is 0.732. The van der Waals surface area contributed by atoms with Crippen LogP contribution in [0.15, 0.2) is 48.7 Å². The van der Waals surface area contributed by atoms with Crippen molar-refractivity contribution in [1.29, 1.82) is 0 Å². The number of hydrogen-bond donors (Lipinski definition) is 1. The Bertz CT molecular complexity index is 992. The van der Waals surface area contributed by atoms with Gasteiger partial charge in [-0.2, -0.15) is 0 Å². The first-order valence-electron chi connectivity index (χ1n) is 7.74. The van der Waals surface area contributed by atoms with Crippen LogP contribution in [0.3, 0.4) is 0 Å². The Morgan fingerprint density at radius 2 is 1.64 bits per heavy atom. The van der Waals surface area contributed by atoms with Crippen LogP contribution in [0.1, 0.15) is 5.56 Å². The molecule has 132 valence electrons. The molecular formula is C18H20N2O4S. The number of aromatic nitrogens is 1. The van der Waals surface area contributed by atoms with Crippen molar-refractivity contribution in [2.45, 2.75) is 6.42 Å². The molecule has 0 aliphatic rings. The lowest BCUT2D eigenvalue weighted by molar-refractivity contribution is 0.356. The summed E-state index contributed by atoms with van der Waals surface area (Å²) in [4.78, 5) is 0. The van der Waals surface area contributed by atoms with Gasteiger partial charge in [0.2, 0.25) is 10.0 Å². The second kappa shape index (κ2) is 6.78. The predicted molar refractivity (Wildman–Crippen MR) is 98.1 cm³/mol. The third kappa shape index (κ3) is 3.78. The number of benzene rings is 2. The number of sulfonamides is 1. The summed E-state index contributed by atoms with van der Waals surface area (Å²) in [5, 5.41) is 6.09. The Hall–Kier alpha value is -2.51. The van der Waals surface area contributed by atoms with E-state index in [4.69, 9.17) is 14.6 Å². The maximum atomic E-state index is 11.1. The van der Waals surface area contributed by atoms with E-state index in [9.17, 15) is 8.42 Å². The molecule has 0 saturated heterocycles. The standard InChI is InChI=1S/C18H20N2O4S/c1-23-17-11-14-7-9-20(16(14)12-18(17)24-2)15-5-3-13(4-6-15)8-10-25(19,21)22/h3-7,9,11-12H,8,10H2,1-2H3,(H2,19,21,22). The van der Waals surface area contributed by atoms with Crippen LogP contribution in [0.25, 0.3) is 16.6 Å². The smallest absolute Gasteiger partial charge is 0.209 e. The first-order valence-corrected chi connectivity index (χ1v) is 9.45. The van der Waals surface area contributed by atoms with Gasteiger partial charge in [0.25, 0.3) is 0 Å². The molecule has 3 rings (SSSR count). The van der Waals surface area contributed by atoms with Crippen molar-refractivity contribution in [1.82, 2.24) is 4.57 Å². The van der Waals surface area contributed by atoms with Gasteiger partial charge in [0.05, 0.1) is 25.5 Å². The molecular weight excluding hydrogens is 340 g/mol. The third-order valence-electron chi connectivity index (χ3n) is 4.09. The highest BCUT2D eigenvalue weighted by Gasteiger charge is 2.10. The number of fused-ring (bicyclic) bond motifs is 1. The first-order chi connectivity index (χ1) is 11.9. The van der Waals surface area contributed by atoms with Gasteiger partial charge in [0.1, 0.15) is 0 Å². The van der Waals surface area contributed by atoms with Crippen LogP contribution in [0.5, 0.6) is 11.5 Å². The second-order valence-electron chi connectivity index (χ2n) is 5.74. The van der Waals surface area contributed by atoms with Crippen LogP contribution < -0.4 is 14.6 Å². The van der Waals surface area contributed by atoms with Crippen molar-refractivity contribution in [3.8, 4) is 17.2 Å². The average Bonchev–Trinajstić information content (AvgIpc) is 3.01. The minimum atomic E-state index is -3.45. The molecule has 0 spiro atoms. The zero-order valence-electron chi connectivity index (χ0n) is 14.1. The molecule has 0 aliphatic heterocycles. The van der Waals surface area contributed by atoms with E-state index in [2.05, 4.69) is 0 Å². The highest BCUT2D eigenvalue weighted by Crippen LogP contribution is 2.33. The van der Waals surface area contributed by atoms with Crippen molar-refractivity contribution in [3.63, 3.8) is 0 Å². The molecule has 0 fully saturated rings. The molecule has 0 saturated carbocycles. The number of methoxy groups -OCH3 is 2. The Kier molecular flexibility index (Phi) is 4.69. The Morgan fingerprint density at radius 1 is 1.00 bits per heavy atom. The molecule has 6 nitrogen and oxygen atoms in total. The van der Waals surface area contributed by atoms with E-state index in [0.717, 1.165) is 22.2 Å². The lowest BCUT2D eigenvalue weighted by atomic mass is 10.1. The monoisotopic (exact) mass is 360 g/mol. The summed E-state index contributed by atoms with van der Waals surface area (Å²) in [7, 11) is -0.229. The zero-order chi connectivity index (χ0) is 18.0. The number of ether oxygens (including phenoxy) is 2. The van der Waals surface area contributed by atoms with E-state index in [0.29, 0.717) is 17.9 Å². The molecule has 0 atom stereocenters. The van der Waals surface area contributed by atoms with E-state index in [1.807, 2.05) is 53.2 Å². The van der Waals surface area contributed by atoms with Crippen molar-refractivity contribution in [2.75, 3.05) is 20.0 Å². The summed E-state index contributed by atoms with van der Waals surface area (Å²) in [5.74, 6) is 1.29. The van der Waals surface area contributed by atoms with Crippen LogP contribution in [-0.4, -0.2) is 33.0 Å². The highest BCUT2D eigenvalue weighted by atomic mass is 32.2. The highest BCUT2D eigenvalue weighted by molar-refractivity contribution is 7.89. The van der Waals surface area contributed by atoms with E-state index < -0.39 is 10.0 Å². The lowest BCUT2D eigenvalue weighted by Gasteiger charge is -2.10. The molecule has 0 bridgehead atoms. The van der Waals surface area contributed by atoms with Crippen LogP contribution in [0.4, 0.5) is 0 Å². The largest absolute Gasteiger partial charge is 0.493 e. The van der Waals surface area contributed by atoms with Crippen LogP contribution in [0, 0.1) is 0 Å². The molecule has 0 aliphatic carbocycles. The van der Waals surface area contributed by atoms with E-state index in [1.165, 1.54) is 0 Å². The van der Waals surface area contributed by atoms with Crippen LogP contribution in [-0.2, 0) is 16.4 Å². The molecule has 0 unspecified atom stereocenters. The third-order valence-corrected chi connectivity index (χ3v) is 4.86. The average molecular weight is 360 g/mol. The second-order valence-corrected chi connectivity index (χ2v) is 7.47. The van der Waals surface area contributed by atoms with Crippen molar-refractivity contribution in [3.05, 3.63) is 54.2 Å². The molecule has 25 heavy (non-hydrogen) atoms. The molecule has 0 amide bonds. The number of hydrogen-bond acceptors (Lipinski definition) is 4. The van der Waals surface area contributed by atoms with Gasteiger partial charge in [-0.15, -0.1) is 0 Å². The van der Waals surface area contributed by atoms with Gasteiger partial charge in [-0.3, -0.25) is 0 Å². The van der Waals surface area contributed by atoms with Gasteiger partial charge >= 0.3 is 0 Å². The Balaban J connectivity index is 1.94. The van der Waals surface area contributed by atoms with Crippen molar-refractivity contribution < 1.29 is 17.9 Å². The van der Waals surface area contributed by atoms with Gasteiger partial charge in [0.15, 0.2) is 11.5 Å². The first kappa shape index (κ1) is 17.3. The number of rotatable bonds is 6. The van der Waals surface area contributed by atoms with E-state index in [1.54, 1.807) is 14.2 Å². The number of nitrogens with two attached hydrogens (primary N) is 1. The molecule has 1 heterocycles. The summed E-state index contributed by atoms with van der Waals surface area (Å²) in [6.45, 7) is 0. The normalized spacial score (nSPS) is 11.6. The summed E-state index contributed by atoms with van der Waals surface area (Å²) in [6.07, 6.45) is 2.37. The van der Waals surface area contributed by atoms with Crippen LogP contribution in [0.2, 0.25) is 0 Å². The number of aryl methyl sites for hydroxylation is 1. The molecule has 2 N–H and O–H groups in total. The van der Waals surface area contributed by atoms with Crippen molar-refractivity contribution >= 4 is 20.9 Å². The maximum Gasteiger partial charge on any atom is 0.209 e. The van der Waals surface area contributed by atoms with Gasteiger partial charge in [0, 0.05) is 23.3 Å². The topological polar surface area (TPSA) is 83.5 Å². The SMILES string of the molecule is COc1cc2ccn(-c3ccc(CCS(N)(=O)=O)cc3)c2cc1OC. The number of primary sulfonamides is 1. The van der Waals surface area contributed by atoms with Gasteiger partial charge in [-0.1, -0.05) is 12.1 Å². The molecule has 2 aromatic carbocycles. The molecule has 0 radical (unpaired) electrons. The fraction of sp³-hybridized carbons (Fsp3) is 0.222. The summed E-state index contributed by atoms with van der Waals surface area (Å²) < 4.78 is 34.9. The minimum absolute atomic E-state index is 0.0597. The predicted octanol–water partition coefficient (Wildman–Crippen LogP) is 2.48. The van der Waals surface area contributed by atoms with Gasteiger partial charge in [-0.05, 0) is 36.2 Å². The lowest BCUT2D eigenvalue weighted by Crippen LogP contribution is -2.17. The minimum Gasteiger partial charge on any atom is -0.493 e. The summed E-state index contributed by atoms with van der Waals surface area (Å²) in [5.41, 5.74) is 2.89. The molecule has 7 heteroatoms. The number of nitrogens with zero attached hydrogens (tertiary/aromatic N) is 1. The van der Waals surface area contributed by atoms with Gasteiger partial charge < -0.3 is 14.0 Å². The van der Waals surface area contributed by atoms with Crippen molar-refractivity contribution in [2.24, 2.45) is 5.14 Å². The summed E-state index contributed by atoms with van der Waals surface area (Å²) >= 11 is 0. The van der Waals surface area contributed by atoms with Crippen LogP contribution >= 0.6 is 0 Å². The van der Waals surface area contributed by atoms with Gasteiger partial charge in [-0.25, -0.2) is 13.6 Å². The zero-order valence-corrected chi connectivity index (χ0v) is 14.9. The molecule has 3 aromatic rings. The summed E-state index contributed by atoms with van der Waals surface area (Å²) in [6, 6.07) is 13.6. The van der Waals surface area contributed by atoms with E-state index in [-0.39, 0.29) is 5.75 Å². The fourth-order valence-corrected chi connectivity index (χ4v) is 3.29. The Labute approximate surface area is 146 Å². The maximum absolute atomic E-state index is 11.1. The Morgan fingerprint density at radius 3 is 2.24 bits per heavy atom. The van der Waals surface area contributed by atoms with E-state index >= 15 is 0 Å². The fourth-order valence-electron chi connectivity index (χ4n) is 2.77.